The highest BCUT2D eigenvalue weighted by Gasteiger charge is 2.30. The van der Waals surface area contributed by atoms with Crippen LogP contribution < -0.4 is 5.32 Å². The minimum Gasteiger partial charge on any atom is -0.354 e. The number of carbonyl (C=O) groups is 2. The van der Waals surface area contributed by atoms with Crippen LogP contribution in [0.15, 0.2) is 36.4 Å². The molecule has 0 aliphatic carbocycles. The highest BCUT2D eigenvalue weighted by molar-refractivity contribution is 6.36. The van der Waals surface area contributed by atoms with Gasteiger partial charge < -0.3 is 10.2 Å². The topological polar surface area (TPSA) is 49.4 Å². The van der Waals surface area contributed by atoms with Gasteiger partial charge in [0, 0.05) is 38.7 Å². The molecule has 8 heteroatoms. The smallest absolute Gasteiger partial charge is 0.242 e. The summed E-state index contributed by atoms with van der Waals surface area (Å²) in [7, 11) is 0. The molecule has 0 fully saturated rings. The number of benzene rings is 2. The summed E-state index contributed by atoms with van der Waals surface area (Å²) in [4.78, 5) is 27.8. The molecule has 2 aromatic carbocycles. The molecule has 0 aliphatic heterocycles. The van der Waals surface area contributed by atoms with Crippen LogP contribution in [0.25, 0.3) is 0 Å². The Bertz CT molecular complexity index is 880. The van der Waals surface area contributed by atoms with E-state index in [9.17, 15) is 9.59 Å². The fourth-order valence-corrected chi connectivity index (χ4v) is 4.28. The number of unbranched alkanes of at least 4 members (excludes halogenated alkanes) is 1. The van der Waals surface area contributed by atoms with Crippen molar-refractivity contribution in [3.05, 3.63) is 67.6 Å². The highest BCUT2D eigenvalue weighted by Crippen LogP contribution is 2.29. The van der Waals surface area contributed by atoms with E-state index in [1.54, 1.807) is 36.4 Å². The van der Waals surface area contributed by atoms with E-state index in [1.165, 1.54) is 4.90 Å². The average molecular weight is 504 g/mol. The lowest BCUT2D eigenvalue weighted by atomic mass is 10.1. The molecule has 2 aromatic rings. The fraction of sp³-hybridized carbons (Fsp3) is 0.391. The van der Waals surface area contributed by atoms with Crippen molar-refractivity contribution in [3.8, 4) is 0 Å². The number of amides is 2. The number of nitrogens with zero attached hydrogens (tertiary/aromatic N) is 1. The molecule has 0 radical (unpaired) electrons. The van der Waals surface area contributed by atoms with Crippen LogP contribution in [0.5, 0.6) is 0 Å². The van der Waals surface area contributed by atoms with Gasteiger partial charge in [-0.2, -0.15) is 0 Å². The molecule has 31 heavy (non-hydrogen) atoms. The maximum atomic E-state index is 13.4. The van der Waals surface area contributed by atoms with Gasteiger partial charge in [0.05, 0.1) is 6.42 Å². The monoisotopic (exact) mass is 502 g/mol. The molecule has 0 saturated heterocycles. The summed E-state index contributed by atoms with van der Waals surface area (Å²) < 4.78 is 0. The molecule has 2 amide bonds. The summed E-state index contributed by atoms with van der Waals surface area (Å²) >= 11 is 25.3. The van der Waals surface area contributed by atoms with Gasteiger partial charge >= 0.3 is 0 Å². The number of carbonyl (C=O) groups excluding carboxylic acids is 2. The largest absolute Gasteiger partial charge is 0.354 e. The van der Waals surface area contributed by atoms with E-state index in [0.29, 0.717) is 44.2 Å². The summed E-state index contributed by atoms with van der Waals surface area (Å²) in [5, 5.41) is 4.59. The first-order chi connectivity index (χ1) is 14.8. The lowest BCUT2D eigenvalue weighted by Gasteiger charge is -2.31. The zero-order chi connectivity index (χ0) is 23.0. The Morgan fingerprint density at radius 2 is 1.42 bits per heavy atom. The number of hydrogen-bond acceptors (Lipinski definition) is 2. The zero-order valence-corrected chi connectivity index (χ0v) is 20.6. The Morgan fingerprint density at radius 1 is 0.903 bits per heavy atom. The number of nitrogens with one attached hydrogen (secondary N) is 1. The van der Waals surface area contributed by atoms with Crippen LogP contribution in [0.3, 0.4) is 0 Å². The molecule has 4 nitrogen and oxygen atoms in total. The van der Waals surface area contributed by atoms with Crippen molar-refractivity contribution in [1.82, 2.24) is 10.2 Å². The molecule has 168 valence electrons. The number of halogens is 4. The normalized spacial score (nSPS) is 11.8. The molecule has 0 spiro atoms. The third kappa shape index (κ3) is 7.01. The first-order valence-electron chi connectivity index (χ1n) is 10.2. The molecule has 0 bridgehead atoms. The summed E-state index contributed by atoms with van der Waals surface area (Å²) in [6.45, 7) is 4.56. The average Bonchev–Trinajstić information content (AvgIpc) is 2.72. The minimum atomic E-state index is -0.682. The lowest BCUT2D eigenvalue weighted by Crippen LogP contribution is -2.49. The van der Waals surface area contributed by atoms with Gasteiger partial charge in [-0.05, 0) is 42.7 Å². The van der Waals surface area contributed by atoms with Crippen LogP contribution in [-0.4, -0.2) is 29.3 Å². The van der Waals surface area contributed by atoms with Crippen molar-refractivity contribution in [2.75, 3.05) is 6.54 Å². The summed E-state index contributed by atoms with van der Waals surface area (Å²) in [6, 6.07) is 9.55. The van der Waals surface area contributed by atoms with E-state index in [0.717, 1.165) is 12.8 Å². The van der Waals surface area contributed by atoms with Gasteiger partial charge in [-0.15, -0.1) is 0 Å². The molecule has 0 saturated carbocycles. The van der Waals surface area contributed by atoms with Crippen molar-refractivity contribution >= 4 is 58.2 Å². The number of hydrogen-bond donors (Lipinski definition) is 1. The van der Waals surface area contributed by atoms with E-state index in [-0.39, 0.29) is 24.8 Å². The summed E-state index contributed by atoms with van der Waals surface area (Å²) in [6.07, 6.45) is 2.21. The molecular formula is C23H26Cl4N2O2. The van der Waals surface area contributed by atoms with Crippen LogP contribution >= 0.6 is 46.4 Å². The Kier molecular flexibility index (Phi) is 10.4. The van der Waals surface area contributed by atoms with Crippen LogP contribution in [0.4, 0.5) is 0 Å². The van der Waals surface area contributed by atoms with Gasteiger partial charge in [-0.25, -0.2) is 0 Å². The van der Waals surface area contributed by atoms with Crippen molar-refractivity contribution in [2.45, 2.75) is 52.1 Å². The maximum absolute atomic E-state index is 13.4. The first kappa shape index (κ1) is 25.8. The van der Waals surface area contributed by atoms with Gasteiger partial charge in [-0.1, -0.05) is 78.8 Å². The van der Waals surface area contributed by atoms with Crippen LogP contribution in [0, 0.1) is 0 Å². The van der Waals surface area contributed by atoms with E-state index in [1.807, 2.05) is 13.8 Å². The summed E-state index contributed by atoms with van der Waals surface area (Å²) in [5.74, 6) is -0.499. The van der Waals surface area contributed by atoms with E-state index in [4.69, 9.17) is 46.4 Å². The second kappa shape index (κ2) is 12.5. The Balaban J connectivity index is 2.38. The Morgan fingerprint density at radius 3 is 1.90 bits per heavy atom. The van der Waals surface area contributed by atoms with Gasteiger partial charge in [0.25, 0.3) is 0 Å². The highest BCUT2D eigenvalue weighted by atomic mass is 35.5. The lowest BCUT2D eigenvalue weighted by molar-refractivity contribution is -0.140. The van der Waals surface area contributed by atoms with E-state index < -0.39 is 6.04 Å². The maximum Gasteiger partial charge on any atom is 0.242 e. The molecule has 1 atom stereocenters. The zero-order valence-electron chi connectivity index (χ0n) is 17.6. The molecule has 0 aromatic heterocycles. The van der Waals surface area contributed by atoms with Crippen molar-refractivity contribution < 1.29 is 9.59 Å². The number of rotatable bonds is 10. The third-order valence-electron chi connectivity index (χ3n) is 5.00. The first-order valence-corrected chi connectivity index (χ1v) is 11.7. The van der Waals surface area contributed by atoms with Crippen molar-refractivity contribution in [1.29, 1.82) is 0 Å². The summed E-state index contributed by atoms with van der Waals surface area (Å²) in [5.41, 5.74) is 1.11. The second-order valence-corrected chi connectivity index (χ2v) is 8.80. The van der Waals surface area contributed by atoms with Crippen LogP contribution in [-0.2, 0) is 22.6 Å². The second-order valence-electron chi connectivity index (χ2n) is 7.17. The van der Waals surface area contributed by atoms with E-state index >= 15 is 0 Å². The van der Waals surface area contributed by atoms with Gasteiger partial charge in [0.1, 0.15) is 6.04 Å². The predicted octanol–water partition coefficient (Wildman–Crippen LogP) is 6.57. The minimum absolute atomic E-state index is 0.0423. The quantitative estimate of drug-likeness (QED) is 0.373. The van der Waals surface area contributed by atoms with Gasteiger partial charge in [0.15, 0.2) is 0 Å². The molecule has 1 N–H and O–H groups in total. The van der Waals surface area contributed by atoms with Gasteiger partial charge in [0.2, 0.25) is 11.8 Å². The molecule has 0 unspecified atom stereocenters. The van der Waals surface area contributed by atoms with Crippen molar-refractivity contribution in [2.24, 2.45) is 0 Å². The molecule has 2 rings (SSSR count). The molecular weight excluding hydrogens is 478 g/mol. The Labute approximate surface area is 203 Å². The van der Waals surface area contributed by atoms with Gasteiger partial charge in [-0.3, -0.25) is 9.59 Å². The fourth-order valence-electron chi connectivity index (χ4n) is 3.23. The Hall–Kier alpha value is -1.46. The predicted molar refractivity (Wildman–Crippen MR) is 129 cm³/mol. The SMILES string of the molecule is CCCCNC(=O)[C@H](CC)N(Cc1c(Cl)cccc1Cl)C(=O)Cc1c(Cl)cccc1Cl. The van der Waals surface area contributed by atoms with Crippen LogP contribution in [0.2, 0.25) is 20.1 Å². The standard InChI is InChI=1S/C23H26Cl4N2O2/c1-3-5-12-28-23(31)21(4-2)29(14-16-19(26)10-7-11-20(16)27)22(30)13-15-17(24)8-6-9-18(15)25/h6-11,21H,3-5,12-14H2,1-2H3,(H,28,31)/t21-/m0/s1. The van der Waals surface area contributed by atoms with Crippen LogP contribution in [0.1, 0.15) is 44.2 Å². The van der Waals surface area contributed by atoms with E-state index in [2.05, 4.69) is 5.32 Å². The molecule has 0 aliphatic rings. The van der Waals surface area contributed by atoms with Crippen molar-refractivity contribution in [3.63, 3.8) is 0 Å². The third-order valence-corrected chi connectivity index (χ3v) is 6.41. The molecule has 0 heterocycles.